The Labute approximate surface area is 88.3 Å². The molecule has 0 bridgehead atoms. The van der Waals surface area contributed by atoms with E-state index >= 15 is 0 Å². The lowest BCUT2D eigenvalue weighted by Gasteiger charge is -2.03. The molecule has 0 aliphatic rings. The minimum absolute atomic E-state index is 0.210. The maximum absolute atomic E-state index is 10.7. The fourth-order valence-corrected chi connectivity index (χ4v) is 0.915. The number of nitrogens with zero attached hydrogens (tertiary/aromatic N) is 1. The number of non-ortho nitro benzene ring substituents is 1. The van der Waals surface area contributed by atoms with Gasteiger partial charge in [-0.1, -0.05) is 0 Å². The molecule has 8 heteroatoms. The molecule has 0 aromatic heterocycles. The summed E-state index contributed by atoms with van der Waals surface area (Å²) < 4.78 is 0. The summed E-state index contributed by atoms with van der Waals surface area (Å²) in [6, 6.07) is 2.86. The molecule has 1 aromatic rings. The quantitative estimate of drug-likeness (QED) is 0.288. The van der Waals surface area contributed by atoms with Gasteiger partial charge >= 0.3 is 11.9 Å². The second-order valence-electron chi connectivity index (χ2n) is 2.72. The zero-order valence-electron chi connectivity index (χ0n) is 7.71. The third-order valence-electron chi connectivity index (χ3n) is 1.63. The van der Waals surface area contributed by atoms with Crippen LogP contribution in [0, 0.1) is 10.1 Å². The highest BCUT2D eigenvalue weighted by molar-refractivity contribution is 6.36. The van der Waals surface area contributed by atoms with Crippen LogP contribution in [0.3, 0.4) is 0 Å². The maximum Gasteiger partial charge on any atom is 0.394 e. The molecule has 0 unspecified atom stereocenters. The monoisotopic (exact) mass is 226 g/mol. The number of phenolic OH excluding ortho intramolecular Hbond substituents is 1. The van der Waals surface area contributed by atoms with Gasteiger partial charge in [-0.2, -0.15) is 0 Å². The Hall–Kier alpha value is -2.64. The molecule has 0 aliphatic carbocycles. The van der Waals surface area contributed by atoms with Crippen LogP contribution >= 0.6 is 0 Å². The zero-order chi connectivity index (χ0) is 12.3. The van der Waals surface area contributed by atoms with Gasteiger partial charge in [0.25, 0.3) is 5.69 Å². The van der Waals surface area contributed by atoms with E-state index in [9.17, 15) is 24.8 Å². The predicted octanol–water partition coefficient (Wildman–Crippen LogP) is 0.323. The average molecular weight is 226 g/mol. The smallest absolute Gasteiger partial charge is 0.394 e. The summed E-state index contributed by atoms with van der Waals surface area (Å²) in [4.78, 5) is 30.5. The number of carbonyl (C=O) groups is 2. The molecule has 0 atom stereocenters. The minimum Gasteiger partial charge on any atom is -0.506 e. The van der Waals surface area contributed by atoms with Crippen LogP contribution in [-0.2, 0) is 9.59 Å². The van der Waals surface area contributed by atoms with E-state index < -0.39 is 22.5 Å². The lowest BCUT2D eigenvalue weighted by atomic mass is 10.2. The highest BCUT2D eigenvalue weighted by atomic mass is 16.6. The SMILES string of the molecule is O=C(O)C(=O)Nc1ccc([N+](=O)[O-])cc1O. The summed E-state index contributed by atoms with van der Waals surface area (Å²) >= 11 is 0. The number of aliphatic carboxylic acids is 1. The number of anilines is 1. The van der Waals surface area contributed by atoms with Crippen LogP contribution < -0.4 is 5.32 Å². The van der Waals surface area contributed by atoms with Crippen molar-refractivity contribution < 1.29 is 24.7 Å². The van der Waals surface area contributed by atoms with Crippen molar-refractivity contribution >= 4 is 23.3 Å². The summed E-state index contributed by atoms with van der Waals surface area (Å²) in [7, 11) is 0. The number of carboxylic acids is 1. The van der Waals surface area contributed by atoms with Crippen LogP contribution in [-0.4, -0.2) is 27.0 Å². The van der Waals surface area contributed by atoms with Gasteiger partial charge in [0.2, 0.25) is 0 Å². The molecule has 3 N–H and O–H groups in total. The van der Waals surface area contributed by atoms with E-state index in [1.54, 1.807) is 0 Å². The number of nitro benzene ring substituents is 1. The van der Waals surface area contributed by atoms with E-state index in [1.165, 1.54) is 0 Å². The van der Waals surface area contributed by atoms with E-state index in [1.807, 2.05) is 5.32 Å². The van der Waals surface area contributed by atoms with Crippen molar-refractivity contribution in [1.82, 2.24) is 0 Å². The minimum atomic E-state index is -1.72. The van der Waals surface area contributed by atoms with Crippen molar-refractivity contribution in [1.29, 1.82) is 0 Å². The molecule has 0 saturated heterocycles. The first-order valence-electron chi connectivity index (χ1n) is 3.93. The van der Waals surface area contributed by atoms with E-state index in [2.05, 4.69) is 0 Å². The number of nitro groups is 1. The Morgan fingerprint density at radius 2 is 2.00 bits per heavy atom. The lowest BCUT2D eigenvalue weighted by molar-refractivity contribution is -0.384. The highest BCUT2D eigenvalue weighted by Crippen LogP contribution is 2.27. The number of hydrogen-bond donors (Lipinski definition) is 3. The first-order chi connectivity index (χ1) is 7.41. The molecule has 0 saturated carbocycles. The normalized spacial score (nSPS) is 9.50. The summed E-state index contributed by atoms with van der Waals surface area (Å²) in [6.45, 7) is 0. The van der Waals surface area contributed by atoms with Crippen molar-refractivity contribution in [2.45, 2.75) is 0 Å². The van der Waals surface area contributed by atoms with Crippen LogP contribution in [0.4, 0.5) is 11.4 Å². The van der Waals surface area contributed by atoms with Gasteiger partial charge in [0.1, 0.15) is 5.75 Å². The largest absolute Gasteiger partial charge is 0.506 e. The van der Waals surface area contributed by atoms with Crippen LogP contribution in [0.25, 0.3) is 0 Å². The van der Waals surface area contributed by atoms with Crippen molar-refractivity contribution in [3.8, 4) is 5.75 Å². The van der Waals surface area contributed by atoms with Gasteiger partial charge < -0.3 is 15.5 Å². The highest BCUT2D eigenvalue weighted by Gasteiger charge is 2.15. The third-order valence-corrected chi connectivity index (χ3v) is 1.63. The Morgan fingerprint density at radius 3 is 2.44 bits per heavy atom. The summed E-state index contributed by atoms with van der Waals surface area (Å²) in [5, 5.41) is 29.7. The molecule has 0 spiro atoms. The van der Waals surface area contributed by atoms with E-state index in [4.69, 9.17) is 5.11 Å². The summed E-state index contributed by atoms with van der Waals surface area (Å²) in [5.41, 5.74) is -0.580. The van der Waals surface area contributed by atoms with Gasteiger partial charge in [-0.15, -0.1) is 0 Å². The molecule has 0 heterocycles. The van der Waals surface area contributed by atoms with Gasteiger partial charge in [-0.05, 0) is 6.07 Å². The van der Waals surface area contributed by atoms with Crippen molar-refractivity contribution in [2.24, 2.45) is 0 Å². The van der Waals surface area contributed by atoms with Crippen LogP contribution in [0.15, 0.2) is 18.2 Å². The molecule has 8 nitrogen and oxygen atoms in total. The number of phenols is 1. The number of carbonyl (C=O) groups excluding carboxylic acids is 1. The number of rotatable bonds is 2. The van der Waals surface area contributed by atoms with Crippen LogP contribution in [0.5, 0.6) is 5.75 Å². The molecule has 0 aliphatic heterocycles. The van der Waals surface area contributed by atoms with E-state index in [0.29, 0.717) is 0 Å². The second-order valence-corrected chi connectivity index (χ2v) is 2.72. The van der Waals surface area contributed by atoms with Crippen molar-refractivity contribution in [3.63, 3.8) is 0 Å². The maximum atomic E-state index is 10.7. The van der Waals surface area contributed by atoms with Crippen molar-refractivity contribution in [3.05, 3.63) is 28.3 Å². The Bertz CT molecular complexity index is 470. The molecule has 0 fully saturated rings. The summed E-state index contributed by atoms with van der Waals surface area (Å²) in [5.74, 6) is -3.65. The third kappa shape index (κ3) is 2.44. The number of hydrogen-bond acceptors (Lipinski definition) is 5. The molecule has 1 aromatic carbocycles. The lowest BCUT2D eigenvalue weighted by Crippen LogP contribution is -2.21. The molecular weight excluding hydrogens is 220 g/mol. The summed E-state index contributed by atoms with van der Waals surface area (Å²) in [6.07, 6.45) is 0. The molecular formula is C8H6N2O6. The number of carboxylic acid groups (broad SMARTS) is 1. The fourth-order valence-electron chi connectivity index (χ4n) is 0.915. The predicted molar refractivity (Wildman–Crippen MR) is 51.0 cm³/mol. The van der Waals surface area contributed by atoms with Crippen LogP contribution in [0.1, 0.15) is 0 Å². The Kier molecular flexibility index (Phi) is 3.04. The van der Waals surface area contributed by atoms with Crippen LogP contribution in [0.2, 0.25) is 0 Å². The topological polar surface area (TPSA) is 130 Å². The second kappa shape index (κ2) is 4.26. The number of aromatic hydroxyl groups is 1. The number of benzene rings is 1. The molecule has 1 rings (SSSR count). The average Bonchev–Trinajstić information content (AvgIpc) is 2.20. The van der Waals surface area contributed by atoms with Gasteiger partial charge in [-0.25, -0.2) is 4.79 Å². The van der Waals surface area contributed by atoms with E-state index in [-0.39, 0.29) is 11.4 Å². The Morgan fingerprint density at radius 1 is 1.38 bits per heavy atom. The van der Waals surface area contributed by atoms with Gasteiger partial charge in [-0.3, -0.25) is 14.9 Å². The number of nitrogens with one attached hydrogen (secondary N) is 1. The number of amides is 1. The molecule has 0 radical (unpaired) electrons. The molecule has 16 heavy (non-hydrogen) atoms. The zero-order valence-corrected chi connectivity index (χ0v) is 7.71. The standard InChI is InChI=1S/C8H6N2O6/c11-6-3-4(10(15)16)1-2-5(6)9-7(12)8(13)14/h1-3,11H,(H,9,12)(H,13,14). The Balaban J connectivity index is 2.96. The van der Waals surface area contributed by atoms with Gasteiger partial charge in [0, 0.05) is 6.07 Å². The van der Waals surface area contributed by atoms with Gasteiger partial charge in [0.15, 0.2) is 0 Å². The molecule has 1 amide bonds. The van der Waals surface area contributed by atoms with Gasteiger partial charge in [0.05, 0.1) is 16.7 Å². The van der Waals surface area contributed by atoms with E-state index in [0.717, 1.165) is 18.2 Å². The first-order valence-corrected chi connectivity index (χ1v) is 3.93. The van der Waals surface area contributed by atoms with Crippen molar-refractivity contribution in [2.75, 3.05) is 5.32 Å². The first kappa shape index (κ1) is 11.4. The molecule has 84 valence electrons. The fraction of sp³-hybridized carbons (Fsp3) is 0.